The van der Waals surface area contributed by atoms with Gasteiger partial charge in [0, 0.05) is 6.04 Å². The lowest BCUT2D eigenvalue weighted by molar-refractivity contribution is -0.121. The average Bonchev–Trinajstić information content (AvgIpc) is 2.47. The molecule has 2 atom stereocenters. The van der Waals surface area contributed by atoms with E-state index in [0.717, 1.165) is 18.4 Å². The van der Waals surface area contributed by atoms with Gasteiger partial charge in [-0.1, -0.05) is 81.5 Å². The quantitative estimate of drug-likeness (QED) is 0.764. The molecule has 1 saturated carbocycles. The number of alkyl halides is 2. The van der Waals surface area contributed by atoms with Gasteiger partial charge in [-0.3, -0.25) is 4.79 Å². The Kier molecular flexibility index (Phi) is 5.89. The highest BCUT2D eigenvalue weighted by molar-refractivity contribution is 9.12. The molecule has 19 heavy (non-hydrogen) atoms. The summed E-state index contributed by atoms with van der Waals surface area (Å²) in [6.45, 7) is 0. The van der Waals surface area contributed by atoms with E-state index < -0.39 is 0 Å². The van der Waals surface area contributed by atoms with Gasteiger partial charge in [-0.05, 0) is 18.4 Å². The van der Waals surface area contributed by atoms with Gasteiger partial charge in [0.25, 0.3) is 0 Å². The van der Waals surface area contributed by atoms with Crippen LogP contribution in [0.4, 0.5) is 0 Å². The number of carbonyl (C=O) groups excluding carboxylic acids is 1. The summed E-state index contributed by atoms with van der Waals surface area (Å²) >= 11 is 7.12. The van der Waals surface area contributed by atoms with Crippen LogP contribution in [-0.4, -0.2) is 16.8 Å². The second-order valence-electron chi connectivity index (χ2n) is 5.06. The van der Waals surface area contributed by atoms with Crippen LogP contribution in [-0.2, 0) is 4.79 Å². The van der Waals surface area contributed by atoms with Crippen molar-refractivity contribution in [2.24, 2.45) is 0 Å². The number of benzene rings is 1. The number of nitrogens with one attached hydrogen (secondary N) is 1. The van der Waals surface area contributed by atoms with E-state index in [4.69, 9.17) is 0 Å². The van der Waals surface area contributed by atoms with Gasteiger partial charge in [0.2, 0.25) is 5.91 Å². The third-order valence-electron chi connectivity index (χ3n) is 3.58. The lowest BCUT2D eigenvalue weighted by atomic mass is 9.95. The van der Waals surface area contributed by atoms with Crippen LogP contribution in [0, 0.1) is 0 Å². The van der Waals surface area contributed by atoms with Gasteiger partial charge in [-0.2, -0.15) is 0 Å². The van der Waals surface area contributed by atoms with E-state index in [1.807, 2.05) is 30.3 Å². The van der Waals surface area contributed by atoms with Crippen LogP contribution in [0.3, 0.4) is 0 Å². The molecule has 0 bridgehead atoms. The maximum atomic E-state index is 12.2. The van der Waals surface area contributed by atoms with E-state index >= 15 is 0 Å². The summed E-state index contributed by atoms with van der Waals surface area (Å²) in [5.74, 6) is 0.0811. The fourth-order valence-corrected chi connectivity index (χ4v) is 3.45. The molecule has 0 spiro atoms. The second kappa shape index (κ2) is 7.44. The molecule has 1 fully saturated rings. The molecular weight excluding hydrogens is 370 g/mol. The smallest absolute Gasteiger partial charge is 0.235 e. The van der Waals surface area contributed by atoms with Gasteiger partial charge >= 0.3 is 0 Å². The van der Waals surface area contributed by atoms with Crippen LogP contribution in [0.5, 0.6) is 0 Å². The predicted molar refractivity (Wildman–Crippen MR) is 85.8 cm³/mol. The van der Waals surface area contributed by atoms with E-state index in [2.05, 4.69) is 37.2 Å². The molecule has 0 heterocycles. The van der Waals surface area contributed by atoms with E-state index in [0.29, 0.717) is 6.04 Å². The molecule has 0 aliphatic heterocycles. The number of carbonyl (C=O) groups is 1. The third-order valence-corrected chi connectivity index (χ3v) is 6.29. The molecule has 0 aromatic heterocycles. The Hall–Kier alpha value is -0.350. The van der Waals surface area contributed by atoms with Gasteiger partial charge in [-0.15, -0.1) is 0 Å². The number of rotatable bonds is 4. The molecule has 1 N–H and O–H groups in total. The summed E-state index contributed by atoms with van der Waals surface area (Å²) in [6.07, 6.45) is 5.99. The predicted octanol–water partition coefficient (Wildman–Crippen LogP) is 4.34. The van der Waals surface area contributed by atoms with Crippen molar-refractivity contribution in [1.29, 1.82) is 0 Å². The van der Waals surface area contributed by atoms with Crippen LogP contribution < -0.4 is 5.32 Å². The zero-order valence-corrected chi connectivity index (χ0v) is 14.0. The number of hydrogen-bond donors (Lipinski definition) is 1. The first-order valence-corrected chi connectivity index (χ1v) is 8.65. The average molecular weight is 389 g/mol. The fraction of sp³-hybridized carbons (Fsp3) is 0.533. The second-order valence-corrected chi connectivity index (χ2v) is 7.03. The normalized spacial score (nSPS) is 19.7. The first kappa shape index (κ1) is 15.0. The first-order valence-electron chi connectivity index (χ1n) is 6.82. The van der Waals surface area contributed by atoms with Gasteiger partial charge in [-0.25, -0.2) is 0 Å². The Bertz CT molecular complexity index is 404. The van der Waals surface area contributed by atoms with Crippen LogP contribution in [0.15, 0.2) is 30.3 Å². The zero-order valence-electron chi connectivity index (χ0n) is 10.8. The van der Waals surface area contributed by atoms with Crippen molar-refractivity contribution in [2.45, 2.75) is 47.8 Å². The summed E-state index contributed by atoms with van der Waals surface area (Å²) in [5, 5.41) is 3.15. The minimum Gasteiger partial charge on any atom is -0.352 e. The van der Waals surface area contributed by atoms with Crippen molar-refractivity contribution >= 4 is 37.8 Å². The molecule has 1 aliphatic rings. The molecule has 0 saturated heterocycles. The summed E-state index contributed by atoms with van der Waals surface area (Å²) < 4.78 is 0. The van der Waals surface area contributed by atoms with Crippen LogP contribution >= 0.6 is 31.9 Å². The fourth-order valence-electron chi connectivity index (χ4n) is 2.47. The number of halogens is 2. The largest absolute Gasteiger partial charge is 0.352 e. The molecule has 0 unspecified atom stereocenters. The maximum absolute atomic E-state index is 12.2. The molecule has 2 rings (SSSR count). The van der Waals surface area contributed by atoms with Crippen molar-refractivity contribution in [2.75, 3.05) is 0 Å². The Balaban J connectivity index is 1.91. The third kappa shape index (κ3) is 4.32. The van der Waals surface area contributed by atoms with Crippen LogP contribution in [0.25, 0.3) is 0 Å². The van der Waals surface area contributed by atoms with Crippen molar-refractivity contribution in [1.82, 2.24) is 5.32 Å². The summed E-state index contributed by atoms with van der Waals surface area (Å²) in [4.78, 5) is 12.0. The van der Waals surface area contributed by atoms with Gasteiger partial charge in [0.1, 0.15) is 4.83 Å². The van der Waals surface area contributed by atoms with Crippen LogP contribution in [0.1, 0.15) is 42.5 Å². The van der Waals surface area contributed by atoms with E-state index in [-0.39, 0.29) is 15.6 Å². The molecular formula is C15H19Br2NO. The molecule has 2 nitrogen and oxygen atoms in total. The standard InChI is InChI=1S/C15H19Br2NO/c16-13(11-7-3-1-4-8-11)14(17)15(19)18-12-9-5-2-6-10-12/h1,3-4,7-8,12-14H,2,5-6,9-10H2,(H,18,19)/t13-,14-/m0/s1. The highest BCUT2D eigenvalue weighted by atomic mass is 79.9. The van der Waals surface area contributed by atoms with Crippen molar-refractivity contribution in [3.05, 3.63) is 35.9 Å². The SMILES string of the molecule is O=C(NC1CCCCC1)[C@@H](Br)[C@@H](Br)c1ccccc1. The van der Waals surface area contributed by atoms with Gasteiger partial charge in [0.05, 0.1) is 4.83 Å². The van der Waals surface area contributed by atoms with Crippen molar-refractivity contribution < 1.29 is 4.79 Å². The Morgan fingerprint density at radius 2 is 1.74 bits per heavy atom. The Morgan fingerprint density at radius 3 is 2.37 bits per heavy atom. The highest BCUT2D eigenvalue weighted by Gasteiger charge is 2.27. The van der Waals surface area contributed by atoms with Crippen molar-refractivity contribution in [3.63, 3.8) is 0 Å². The first-order chi connectivity index (χ1) is 9.18. The molecule has 0 radical (unpaired) electrons. The molecule has 1 amide bonds. The molecule has 1 aromatic rings. The monoisotopic (exact) mass is 387 g/mol. The summed E-state index contributed by atoms with van der Waals surface area (Å²) in [6, 6.07) is 10.4. The molecule has 1 aliphatic carbocycles. The molecule has 104 valence electrons. The summed E-state index contributed by atoms with van der Waals surface area (Å²) in [5.41, 5.74) is 1.11. The molecule has 4 heteroatoms. The molecule has 1 aromatic carbocycles. The Morgan fingerprint density at radius 1 is 1.11 bits per heavy atom. The minimum absolute atomic E-state index is 0.00251. The minimum atomic E-state index is -0.239. The van der Waals surface area contributed by atoms with Crippen molar-refractivity contribution in [3.8, 4) is 0 Å². The Labute approximate surface area is 131 Å². The van der Waals surface area contributed by atoms with E-state index in [1.54, 1.807) is 0 Å². The van der Waals surface area contributed by atoms with E-state index in [1.165, 1.54) is 19.3 Å². The lowest BCUT2D eigenvalue weighted by Gasteiger charge is -2.25. The van der Waals surface area contributed by atoms with Gasteiger partial charge < -0.3 is 5.32 Å². The van der Waals surface area contributed by atoms with Crippen LogP contribution in [0.2, 0.25) is 0 Å². The topological polar surface area (TPSA) is 29.1 Å². The lowest BCUT2D eigenvalue weighted by Crippen LogP contribution is -2.41. The van der Waals surface area contributed by atoms with E-state index in [9.17, 15) is 4.79 Å². The highest BCUT2D eigenvalue weighted by Crippen LogP contribution is 2.31. The number of hydrogen-bond acceptors (Lipinski definition) is 1. The number of amides is 1. The summed E-state index contributed by atoms with van der Waals surface area (Å²) in [7, 11) is 0. The van der Waals surface area contributed by atoms with Gasteiger partial charge in [0.15, 0.2) is 0 Å². The maximum Gasteiger partial charge on any atom is 0.235 e. The zero-order chi connectivity index (χ0) is 13.7.